The van der Waals surface area contributed by atoms with Gasteiger partial charge in [-0.1, -0.05) is 13.3 Å². The van der Waals surface area contributed by atoms with E-state index in [0.717, 1.165) is 24.2 Å². The number of hydrogen-bond acceptors (Lipinski definition) is 3. The fourth-order valence-electron chi connectivity index (χ4n) is 4.73. The molecule has 0 aliphatic heterocycles. The molecule has 0 radical (unpaired) electrons. The van der Waals surface area contributed by atoms with Crippen molar-refractivity contribution in [3.05, 3.63) is 18.0 Å². The van der Waals surface area contributed by atoms with Crippen LogP contribution in [0.1, 0.15) is 50.6 Å². The normalized spacial score (nSPS) is 31.0. The summed E-state index contributed by atoms with van der Waals surface area (Å²) in [4.78, 5) is 2.50. The lowest BCUT2D eigenvalue weighted by Crippen LogP contribution is -2.41. The van der Waals surface area contributed by atoms with E-state index >= 15 is 0 Å². The Labute approximate surface area is 128 Å². The summed E-state index contributed by atoms with van der Waals surface area (Å²) in [7, 11) is 4.23. The Balaban J connectivity index is 1.70. The monoisotopic (exact) mass is 290 g/mol. The molecule has 5 unspecified atom stereocenters. The number of nitrogens with zero attached hydrogens (tertiary/aromatic N) is 3. The van der Waals surface area contributed by atoms with Crippen LogP contribution in [0, 0.1) is 17.8 Å². The Morgan fingerprint density at radius 2 is 2.24 bits per heavy atom. The molecule has 118 valence electrons. The molecule has 2 fully saturated rings. The van der Waals surface area contributed by atoms with Crippen molar-refractivity contribution in [2.75, 3.05) is 13.6 Å². The number of likely N-dealkylation sites (N-methyl/N-ethyl adjacent to an activating group) is 1. The van der Waals surface area contributed by atoms with Gasteiger partial charge in [-0.25, -0.2) is 0 Å². The molecule has 5 atom stereocenters. The van der Waals surface area contributed by atoms with Gasteiger partial charge in [0.1, 0.15) is 0 Å². The molecule has 1 aromatic rings. The summed E-state index contributed by atoms with van der Waals surface area (Å²) in [5, 5.41) is 4.34. The number of aryl methyl sites for hydroxylation is 1. The van der Waals surface area contributed by atoms with Gasteiger partial charge in [0, 0.05) is 31.4 Å². The number of rotatable bonds is 6. The average Bonchev–Trinajstić information content (AvgIpc) is 3.16. The Kier molecular flexibility index (Phi) is 4.36. The first-order valence-electron chi connectivity index (χ1n) is 8.52. The summed E-state index contributed by atoms with van der Waals surface area (Å²) in [5.74, 6) is 2.88. The highest BCUT2D eigenvalue weighted by Crippen LogP contribution is 2.48. The van der Waals surface area contributed by atoms with E-state index in [9.17, 15) is 0 Å². The van der Waals surface area contributed by atoms with Gasteiger partial charge < -0.3 is 5.73 Å². The van der Waals surface area contributed by atoms with Crippen molar-refractivity contribution in [3.63, 3.8) is 0 Å². The van der Waals surface area contributed by atoms with E-state index in [1.54, 1.807) is 0 Å². The first-order chi connectivity index (χ1) is 10.1. The van der Waals surface area contributed by atoms with E-state index in [0.29, 0.717) is 6.04 Å². The van der Waals surface area contributed by atoms with Gasteiger partial charge >= 0.3 is 0 Å². The van der Waals surface area contributed by atoms with Crippen LogP contribution in [-0.2, 0) is 7.05 Å². The van der Waals surface area contributed by atoms with Crippen LogP contribution in [0.25, 0.3) is 0 Å². The van der Waals surface area contributed by atoms with Gasteiger partial charge in [-0.2, -0.15) is 5.10 Å². The van der Waals surface area contributed by atoms with Gasteiger partial charge in [-0.3, -0.25) is 9.58 Å². The minimum absolute atomic E-state index is 0.179. The fourth-order valence-corrected chi connectivity index (χ4v) is 4.73. The lowest BCUT2D eigenvalue weighted by Gasteiger charge is -2.35. The first kappa shape index (κ1) is 15.0. The van der Waals surface area contributed by atoms with E-state index in [1.807, 2.05) is 17.9 Å². The minimum Gasteiger partial charge on any atom is -0.326 e. The highest BCUT2D eigenvalue weighted by atomic mass is 15.2. The number of fused-ring (bicyclic) bond motifs is 2. The summed E-state index contributed by atoms with van der Waals surface area (Å²) < 4.78 is 1.89. The maximum absolute atomic E-state index is 6.43. The van der Waals surface area contributed by atoms with Crippen LogP contribution in [0.3, 0.4) is 0 Å². The zero-order chi connectivity index (χ0) is 15.0. The predicted octanol–water partition coefficient (Wildman–Crippen LogP) is 2.57. The summed E-state index contributed by atoms with van der Waals surface area (Å²) in [6.45, 7) is 3.37. The van der Waals surface area contributed by atoms with Gasteiger partial charge in [0.2, 0.25) is 0 Å². The highest BCUT2D eigenvalue weighted by Gasteiger charge is 2.40. The largest absolute Gasteiger partial charge is 0.326 e. The zero-order valence-electron chi connectivity index (χ0n) is 13.7. The van der Waals surface area contributed by atoms with Gasteiger partial charge in [0.15, 0.2) is 0 Å². The third kappa shape index (κ3) is 3.02. The minimum atomic E-state index is 0.179. The fraction of sp³-hybridized carbons (Fsp3) is 0.824. The maximum Gasteiger partial charge on any atom is 0.0538 e. The molecular weight excluding hydrogens is 260 g/mol. The third-order valence-electron chi connectivity index (χ3n) is 5.83. The molecule has 4 nitrogen and oxygen atoms in total. The van der Waals surface area contributed by atoms with Crippen molar-refractivity contribution >= 4 is 0 Å². The Morgan fingerprint density at radius 3 is 2.76 bits per heavy atom. The van der Waals surface area contributed by atoms with Crippen LogP contribution < -0.4 is 5.73 Å². The average molecular weight is 290 g/mol. The molecular formula is C17H30N4. The van der Waals surface area contributed by atoms with Crippen molar-refractivity contribution < 1.29 is 0 Å². The second kappa shape index (κ2) is 6.09. The second-order valence-electron chi connectivity index (χ2n) is 7.34. The Hall–Kier alpha value is -0.870. The number of aromatic nitrogens is 2. The zero-order valence-corrected chi connectivity index (χ0v) is 13.7. The molecule has 2 N–H and O–H groups in total. The molecule has 4 heteroatoms. The molecule has 21 heavy (non-hydrogen) atoms. The van der Waals surface area contributed by atoms with E-state index in [1.165, 1.54) is 37.8 Å². The molecule has 2 bridgehead atoms. The van der Waals surface area contributed by atoms with Crippen LogP contribution >= 0.6 is 0 Å². The van der Waals surface area contributed by atoms with Crippen LogP contribution in [0.5, 0.6) is 0 Å². The standard InChI is InChI=1S/C17H30N4/c1-4-16(18)17(15-9-19-21(3)11-15)20(2)10-14-8-12-5-6-13(14)7-12/h9,11-14,16-17H,4-8,10,18H2,1-3H3. The summed E-state index contributed by atoms with van der Waals surface area (Å²) in [6.07, 6.45) is 11.0. The van der Waals surface area contributed by atoms with Gasteiger partial charge in [0.05, 0.1) is 12.2 Å². The van der Waals surface area contributed by atoms with E-state index < -0.39 is 0 Å². The van der Waals surface area contributed by atoms with Crippen LogP contribution in [0.2, 0.25) is 0 Å². The van der Waals surface area contributed by atoms with Crippen LogP contribution in [0.15, 0.2) is 12.4 Å². The lowest BCUT2D eigenvalue weighted by molar-refractivity contribution is 0.153. The highest BCUT2D eigenvalue weighted by molar-refractivity contribution is 5.13. The molecule has 0 spiro atoms. The molecule has 2 aliphatic carbocycles. The predicted molar refractivity (Wildman–Crippen MR) is 85.8 cm³/mol. The Bertz CT molecular complexity index is 469. The number of nitrogens with two attached hydrogens (primary N) is 1. The molecule has 1 aromatic heterocycles. The molecule has 1 heterocycles. The summed E-state index contributed by atoms with van der Waals surface area (Å²) >= 11 is 0. The summed E-state index contributed by atoms with van der Waals surface area (Å²) in [6, 6.07) is 0.473. The second-order valence-corrected chi connectivity index (χ2v) is 7.34. The molecule has 0 saturated heterocycles. The van der Waals surface area contributed by atoms with Crippen LogP contribution in [0.4, 0.5) is 0 Å². The molecule has 2 saturated carbocycles. The van der Waals surface area contributed by atoms with Gasteiger partial charge in [-0.05, 0) is 50.5 Å². The smallest absolute Gasteiger partial charge is 0.0538 e. The molecule has 3 rings (SSSR count). The van der Waals surface area contributed by atoms with Crippen LogP contribution in [-0.4, -0.2) is 34.3 Å². The van der Waals surface area contributed by atoms with Crippen molar-refractivity contribution in [1.82, 2.24) is 14.7 Å². The van der Waals surface area contributed by atoms with Crippen molar-refractivity contribution in [3.8, 4) is 0 Å². The van der Waals surface area contributed by atoms with Crippen molar-refractivity contribution in [2.24, 2.45) is 30.5 Å². The van der Waals surface area contributed by atoms with E-state index in [2.05, 4.69) is 30.2 Å². The quantitative estimate of drug-likeness (QED) is 0.876. The van der Waals surface area contributed by atoms with E-state index in [4.69, 9.17) is 5.73 Å². The topological polar surface area (TPSA) is 47.1 Å². The Morgan fingerprint density at radius 1 is 1.43 bits per heavy atom. The first-order valence-corrected chi connectivity index (χ1v) is 8.52. The third-order valence-corrected chi connectivity index (χ3v) is 5.83. The number of hydrogen-bond donors (Lipinski definition) is 1. The SMILES string of the molecule is CCC(N)C(c1cnn(C)c1)N(C)CC1CC2CCC1C2. The summed E-state index contributed by atoms with van der Waals surface area (Å²) in [5.41, 5.74) is 7.69. The maximum atomic E-state index is 6.43. The van der Waals surface area contributed by atoms with E-state index in [-0.39, 0.29) is 6.04 Å². The van der Waals surface area contributed by atoms with Gasteiger partial charge in [-0.15, -0.1) is 0 Å². The molecule has 0 aromatic carbocycles. The van der Waals surface area contributed by atoms with Gasteiger partial charge in [0.25, 0.3) is 0 Å². The van der Waals surface area contributed by atoms with Crippen molar-refractivity contribution in [2.45, 2.75) is 51.1 Å². The molecule has 0 amide bonds. The van der Waals surface area contributed by atoms with Crippen molar-refractivity contribution in [1.29, 1.82) is 0 Å². The molecule has 2 aliphatic rings. The lowest BCUT2D eigenvalue weighted by atomic mass is 9.87.